The smallest absolute Gasteiger partial charge is 0.306 e. The molecule has 1 amide bonds. The monoisotopic (exact) mass is 254 g/mol. The van der Waals surface area contributed by atoms with E-state index in [0.29, 0.717) is 6.04 Å². The molecule has 5 heteroatoms. The molecular weight excluding hydrogens is 232 g/mol. The molecule has 0 aromatic heterocycles. The second kappa shape index (κ2) is 5.69. The molecule has 3 N–H and O–H groups in total. The molecule has 1 aliphatic heterocycles. The summed E-state index contributed by atoms with van der Waals surface area (Å²) in [5.41, 5.74) is 5.32. The van der Waals surface area contributed by atoms with Crippen molar-refractivity contribution in [1.29, 1.82) is 0 Å². The summed E-state index contributed by atoms with van der Waals surface area (Å²) in [5, 5.41) is 8.97. The van der Waals surface area contributed by atoms with Crippen LogP contribution in [-0.2, 0) is 9.59 Å². The van der Waals surface area contributed by atoms with Crippen molar-refractivity contribution in [3.05, 3.63) is 0 Å². The summed E-state index contributed by atoms with van der Waals surface area (Å²) in [6.07, 6.45) is 5.23. The van der Waals surface area contributed by atoms with Crippen LogP contribution in [-0.4, -0.2) is 41.0 Å². The van der Waals surface area contributed by atoms with Crippen molar-refractivity contribution in [3.63, 3.8) is 0 Å². The van der Waals surface area contributed by atoms with Crippen LogP contribution in [0.3, 0.4) is 0 Å². The van der Waals surface area contributed by atoms with Gasteiger partial charge in [-0.15, -0.1) is 0 Å². The normalized spacial score (nSPS) is 31.1. The Labute approximate surface area is 107 Å². The summed E-state index contributed by atoms with van der Waals surface area (Å²) in [6, 6.07) is 0.509. The van der Waals surface area contributed by atoms with E-state index < -0.39 is 5.97 Å². The SMILES string of the molecule is NC(=O)C1CCN(C2CCC(C(=O)O)CC2)CC1. The highest BCUT2D eigenvalue weighted by Crippen LogP contribution is 2.30. The van der Waals surface area contributed by atoms with E-state index in [-0.39, 0.29) is 17.7 Å². The van der Waals surface area contributed by atoms with Crippen molar-refractivity contribution in [2.45, 2.75) is 44.6 Å². The van der Waals surface area contributed by atoms with Crippen molar-refractivity contribution in [3.8, 4) is 0 Å². The van der Waals surface area contributed by atoms with Gasteiger partial charge in [-0.2, -0.15) is 0 Å². The lowest BCUT2D eigenvalue weighted by Gasteiger charge is -2.39. The second-order valence-corrected chi connectivity index (χ2v) is 5.56. The standard InChI is InChI=1S/C13H22N2O3/c14-12(16)9-5-7-15(8-6-9)11-3-1-10(2-4-11)13(17)18/h9-11H,1-8H2,(H2,14,16)(H,17,18). The van der Waals surface area contributed by atoms with Gasteiger partial charge in [0.25, 0.3) is 0 Å². The number of amides is 1. The van der Waals surface area contributed by atoms with Gasteiger partial charge in [-0.3, -0.25) is 9.59 Å². The summed E-state index contributed by atoms with van der Waals surface area (Å²) in [6.45, 7) is 1.85. The molecule has 1 aliphatic carbocycles. The average molecular weight is 254 g/mol. The van der Waals surface area contributed by atoms with E-state index in [2.05, 4.69) is 4.90 Å². The number of hydrogen-bond donors (Lipinski definition) is 2. The van der Waals surface area contributed by atoms with Crippen LogP contribution in [0.4, 0.5) is 0 Å². The van der Waals surface area contributed by atoms with Crippen LogP contribution in [0, 0.1) is 11.8 Å². The molecule has 0 radical (unpaired) electrons. The van der Waals surface area contributed by atoms with Crippen LogP contribution in [0.15, 0.2) is 0 Å². The average Bonchev–Trinajstić information content (AvgIpc) is 2.39. The first kappa shape index (κ1) is 13.3. The summed E-state index contributed by atoms with van der Waals surface area (Å²) >= 11 is 0. The first-order valence-corrected chi connectivity index (χ1v) is 6.84. The predicted molar refractivity (Wildman–Crippen MR) is 66.9 cm³/mol. The molecule has 0 bridgehead atoms. The van der Waals surface area contributed by atoms with E-state index >= 15 is 0 Å². The maximum atomic E-state index is 11.1. The summed E-state index contributed by atoms with van der Waals surface area (Å²) in [7, 11) is 0. The molecule has 102 valence electrons. The molecule has 1 saturated heterocycles. The Morgan fingerprint density at radius 1 is 0.944 bits per heavy atom. The molecule has 0 aromatic carbocycles. The number of nitrogens with zero attached hydrogens (tertiary/aromatic N) is 1. The minimum Gasteiger partial charge on any atom is -0.481 e. The molecule has 1 saturated carbocycles. The lowest BCUT2D eigenvalue weighted by atomic mass is 9.84. The van der Waals surface area contributed by atoms with Crippen molar-refractivity contribution in [2.75, 3.05) is 13.1 Å². The van der Waals surface area contributed by atoms with Crippen LogP contribution < -0.4 is 5.73 Å². The minimum absolute atomic E-state index is 0.0385. The Hall–Kier alpha value is -1.10. The highest BCUT2D eigenvalue weighted by Gasteiger charge is 2.32. The quantitative estimate of drug-likeness (QED) is 0.781. The number of hydrogen-bond acceptors (Lipinski definition) is 3. The Morgan fingerprint density at radius 2 is 1.50 bits per heavy atom. The maximum Gasteiger partial charge on any atom is 0.306 e. The fourth-order valence-corrected chi connectivity index (χ4v) is 3.24. The van der Waals surface area contributed by atoms with Crippen LogP contribution in [0.25, 0.3) is 0 Å². The van der Waals surface area contributed by atoms with Gasteiger partial charge in [0.15, 0.2) is 0 Å². The van der Waals surface area contributed by atoms with E-state index in [1.807, 2.05) is 0 Å². The number of likely N-dealkylation sites (tertiary alicyclic amines) is 1. The van der Waals surface area contributed by atoms with E-state index in [1.165, 1.54) is 0 Å². The summed E-state index contributed by atoms with van der Waals surface area (Å²) < 4.78 is 0. The highest BCUT2D eigenvalue weighted by atomic mass is 16.4. The summed E-state index contributed by atoms with van der Waals surface area (Å²) in [4.78, 5) is 24.4. The van der Waals surface area contributed by atoms with Crippen LogP contribution >= 0.6 is 0 Å². The maximum absolute atomic E-state index is 11.1. The fourth-order valence-electron chi connectivity index (χ4n) is 3.24. The van der Waals surface area contributed by atoms with Gasteiger partial charge in [0.1, 0.15) is 0 Å². The third-order valence-corrected chi connectivity index (χ3v) is 4.49. The number of aliphatic carboxylic acids is 1. The number of carboxylic acid groups (broad SMARTS) is 1. The zero-order chi connectivity index (χ0) is 13.1. The third-order valence-electron chi connectivity index (χ3n) is 4.49. The lowest BCUT2D eigenvalue weighted by molar-refractivity contribution is -0.143. The van der Waals surface area contributed by atoms with Crippen LogP contribution in [0.2, 0.25) is 0 Å². The number of primary amides is 1. The number of rotatable bonds is 3. The Bertz CT molecular complexity index is 284. The van der Waals surface area contributed by atoms with Gasteiger partial charge >= 0.3 is 5.97 Å². The first-order valence-electron chi connectivity index (χ1n) is 6.84. The molecule has 5 nitrogen and oxygen atoms in total. The number of carboxylic acids is 1. The van der Waals surface area contributed by atoms with Crippen molar-refractivity contribution in [2.24, 2.45) is 17.6 Å². The molecule has 0 unspecified atom stereocenters. The molecule has 2 fully saturated rings. The summed E-state index contributed by atoms with van der Waals surface area (Å²) in [5.74, 6) is -0.939. The molecule has 18 heavy (non-hydrogen) atoms. The van der Waals surface area contributed by atoms with Crippen LogP contribution in [0.1, 0.15) is 38.5 Å². The Balaban J connectivity index is 1.78. The van der Waals surface area contributed by atoms with Gasteiger partial charge < -0.3 is 15.7 Å². The van der Waals surface area contributed by atoms with E-state index in [1.54, 1.807) is 0 Å². The molecular formula is C13H22N2O3. The van der Waals surface area contributed by atoms with Crippen molar-refractivity contribution < 1.29 is 14.7 Å². The molecule has 1 heterocycles. The van der Waals surface area contributed by atoms with Crippen LogP contribution in [0.5, 0.6) is 0 Å². The second-order valence-electron chi connectivity index (χ2n) is 5.56. The van der Waals surface area contributed by atoms with Crippen molar-refractivity contribution >= 4 is 11.9 Å². The first-order chi connectivity index (χ1) is 8.58. The van der Waals surface area contributed by atoms with Gasteiger partial charge in [0, 0.05) is 12.0 Å². The Kier molecular flexibility index (Phi) is 4.22. The minimum atomic E-state index is -0.652. The topological polar surface area (TPSA) is 83.6 Å². The van der Waals surface area contributed by atoms with Crippen molar-refractivity contribution in [1.82, 2.24) is 4.90 Å². The lowest BCUT2D eigenvalue weighted by Crippen LogP contribution is -2.45. The van der Waals surface area contributed by atoms with Gasteiger partial charge in [0.05, 0.1) is 5.92 Å². The zero-order valence-corrected chi connectivity index (χ0v) is 10.7. The largest absolute Gasteiger partial charge is 0.481 e. The van der Waals surface area contributed by atoms with Gasteiger partial charge in [-0.05, 0) is 51.6 Å². The van der Waals surface area contributed by atoms with E-state index in [0.717, 1.165) is 51.6 Å². The molecule has 0 atom stereocenters. The molecule has 2 rings (SSSR count). The molecule has 0 spiro atoms. The zero-order valence-electron chi connectivity index (χ0n) is 10.7. The Morgan fingerprint density at radius 3 is 1.94 bits per heavy atom. The van der Waals surface area contributed by atoms with Gasteiger partial charge in [-0.25, -0.2) is 0 Å². The third kappa shape index (κ3) is 3.02. The van der Waals surface area contributed by atoms with Gasteiger partial charge in [-0.1, -0.05) is 0 Å². The number of piperidine rings is 1. The number of carbonyl (C=O) groups is 2. The number of carbonyl (C=O) groups excluding carboxylic acids is 1. The predicted octanol–water partition coefficient (Wildman–Crippen LogP) is 0.827. The number of nitrogens with two attached hydrogens (primary N) is 1. The highest BCUT2D eigenvalue weighted by molar-refractivity contribution is 5.76. The van der Waals surface area contributed by atoms with Gasteiger partial charge in [0.2, 0.25) is 5.91 Å². The molecule has 2 aliphatic rings. The molecule has 0 aromatic rings. The van der Waals surface area contributed by atoms with E-state index in [9.17, 15) is 9.59 Å². The van der Waals surface area contributed by atoms with E-state index in [4.69, 9.17) is 10.8 Å². The fraction of sp³-hybridized carbons (Fsp3) is 0.846.